The van der Waals surface area contributed by atoms with E-state index in [1.54, 1.807) is 6.20 Å². The molecule has 110 valence electrons. The van der Waals surface area contributed by atoms with Gasteiger partial charge in [0, 0.05) is 6.20 Å². The number of pyridine rings is 1. The molecular weight excluding hydrogens is 264 g/mol. The third-order valence-electron chi connectivity index (χ3n) is 3.10. The average Bonchev–Trinajstić information content (AvgIpc) is 2.45. The van der Waals surface area contributed by atoms with Gasteiger partial charge in [0.15, 0.2) is 6.61 Å². The van der Waals surface area contributed by atoms with Gasteiger partial charge in [-0.2, -0.15) is 0 Å². The summed E-state index contributed by atoms with van der Waals surface area (Å²) in [7, 11) is 0. The summed E-state index contributed by atoms with van der Waals surface area (Å²) < 4.78 is 5.47. The fraction of sp³-hybridized carbons (Fsp3) is 0.294. The molecule has 21 heavy (non-hydrogen) atoms. The first kappa shape index (κ1) is 15.0. The number of hydrogen-bond acceptors (Lipinski definition) is 3. The number of anilines is 1. The van der Waals surface area contributed by atoms with E-state index in [-0.39, 0.29) is 12.5 Å². The van der Waals surface area contributed by atoms with Gasteiger partial charge in [0.1, 0.15) is 11.6 Å². The Bertz CT molecular complexity index is 606. The Morgan fingerprint density at radius 2 is 1.95 bits per heavy atom. The predicted molar refractivity (Wildman–Crippen MR) is 83.6 cm³/mol. The first-order valence-electron chi connectivity index (χ1n) is 7.00. The van der Waals surface area contributed by atoms with Crippen molar-refractivity contribution in [1.29, 1.82) is 0 Å². The van der Waals surface area contributed by atoms with Crippen molar-refractivity contribution in [2.75, 3.05) is 11.9 Å². The summed E-state index contributed by atoms with van der Waals surface area (Å²) >= 11 is 0. The Morgan fingerprint density at radius 1 is 1.24 bits per heavy atom. The lowest BCUT2D eigenvalue weighted by molar-refractivity contribution is -0.118. The van der Waals surface area contributed by atoms with Crippen molar-refractivity contribution in [1.82, 2.24) is 4.98 Å². The van der Waals surface area contributed by atoms with Crippen LogP contribution in [0, 0.1) is 6.92 Å². The lowest BCUT2D eigenvalue weighted by Gasteiger charge is -2.09. The van der Waals surface area contributed by atoms with Crippen molar-refractivity contribution in [3.05, 3.63) is 53.7 Å². The molecule has 0 aliphatic carbocycles. The zero-order valence-corrected chi connectivity index (χ0v) is 12.6. The molecule has 1 amide bonds. The third-order valence-corrected chi connectivity index (χ3v) is 3.10. The molecule has 1 aromatic carbocycles. The SMILES string of the molecule is Cc1ccnc(NC(=O)COc2ccc(C(C)C)cc2)c1. The molecule has 2 aromatic rings. The van der Waals surface area contributed by atoms with Gasteiger partial charge < -0.3 is 10.1 Å². The summed E-state index contributed by atoms with van der Waals surface area (Å²) in [5.41, 5.74) is 2.29. The molecule has 1 aromatic heterocycles. The van der Waals surface area contributed by atoms with Gasteiger partial charge in [-0.1, -0.05) is 26.0 Å². The lowest BCUT2D eigenvalue weighted by atomic mass is 10.0. The zero-order valence-electron chi connectivity index (χ0n) is 12.6. The van der Waals surface area contributed by atoms with Crippen molar-refractivity contribution >= 4 is 11.7 Å². The largest absolute Gasteiger partial charge is 0.484 e. The average molecular weight is 284 g/mol. The molecule has 0 aliphatic rings. The molecule has 1 heterocycles. The van der Waals surface area contributed by atoms with Gasteiger partial charge in [0.25, 0.3) is 5.91 Å². The second-order valence-electron chi connectivity index (χ2n) is 5.28. The molecule has 0 bridgehead atoms. The van der Waals surface area contributed by atoms with Gasteiger partial charge in [-0.15, -0.1) is 0 Å². The van der Waals surface area contributed by atoms with Crippen LogP contribution in [-0.2, 0) is 4.79 Å². The first-order chi connectivity index (χ1) is 10.0. The maximum Gasteiger partial charge on any atom is 0.263 e. The fourth-order valence-corrected chi connectivity index (χ4v) is 1.88. The highest BCUT2D eigenvalue weighted by Crippen LogP contribution is 2.18. The molecule has 0 aliphatic heterocycles. The molecule has 0 fully saturated rings. The van der Waals surface area contributed by atoms with Crippen LogP contribution in [0.25, 0.3) is 0 Å². The summed E-state index contributed by atoms with van der Waals surface area (Å²) in [5.74, 6) is 1.49. The standard InChI is InChI=1S/C17H20N2O2/c1-12(2)14-4-6-15(7-5-14)21-11-17(20)19-16-10-13(3)8-9-18-16/h4-10,12H,11H2,1-3H3,(H,18,19,20). The van der Waals surface area contributed by atoms with Crippen molar-refractivity contribution in [3.63, 3.8) is 0 Å². The number of aromatic nitrogens is 1. The quantitative estimate of drug-likeness (QED) is 0.913. The summed E-state index contributed by atoms with van der Waals surface area (Å²) in [4.78, 5) is 15.9. The van der Waals surface area contributed by atoms with E-state index in [2.05, 4.69) is 24.1 Å². The Kier molecular flexibility index (Phi) is 4.93. The van der Waals surface area contributed by atoms with E-state index < -0.39 is 0 Å². The normalized spacial score (nSPS) is 10.5. The minimum atomic E-state index is -0.221. The van der Waals surface area contributed by atoms with E-state index in [4.69, 9.17) is 4.74 Å². The Hall–Kier alpha value is -2.36. The van der Waals surface area contributed by atoms with Gasteiger partial charge >= 0.3 is 0 Å². The van der Waals surface area contributed by atoms with Gasteiger partial charge in [-0.3, -0.25) is 4.79 Å². The maximum atomic E-state index is 11.8. The van der Waals surface area contributed by atoms with Crippen LogP contribution in [0.1, 0.15) is 30.9 Å². The van der Waals surface area contributed by atoms with Crippen molar-refractivity contribution in [2.45, 2.75) is 26.7 Å². The van der Waals surface area contributed by atoms with E-state index in [1.807, 2.05) is 43.3 Å². The Labute approximate surface area is 125 Å². The molecule has 4 heteroatoms. The highest BCUT2D eigenvalue weighted by molar-refractivity contribution is 5.90. The maximum absolute atomic E-state index is 11.8. The van der Waals surface area contributed by atoms with Crippen LogP contribution >= 0.6 is 0 Å². The number of rotatable bonds is 5. The van der Waals surface area contributed by atoms with Crippen LogP contribution in [-0.4, -0.2) is 17.5 Å². The summed E-state index contributed by atoms with van der Waals surface area (Å²) in [6, 6.07) is 11.5. The van der Waals surface area contributed by atoms with E-state index in [0.717, 1.165) is 5.56 Å². The van der Waals surface area contributed by atoms with Gasteiger partial charge in [-0.05, 0) is 48.2 Å². The fourth-order valence-electron chi connectivity index (χ4n) is 1.88. The van der Waals surface area contributed by atoms with E-state index in [0.29, 0.717) is 17.5 Å². The van der Waals surface area contributed by atoms with Crippen LogP contribution in [0.3, 0.4) is 0 Å². The number of carbonyl (C=O) groups is 1. The first-order valence-corrected chi connectivity index (χ1v) is 7.00. The minimum Gasteiger partial charge on any atom is -0.484 e. The summed E-state index contributed by atoms with van der Waals surface area (Å²) in [5, 5.41) is 2.71. The minimum absolute atomic E-state index is 0.0311. The zero-order chi connectivity index (χ0) is 15.2. The molecule has 0 radical (unpaired) electrons. The number of amides is 1. The molecule has 0 unspecified atom stereocenters. The number of hydrogen-bond donors (Lipinski definition) is 1. The highest BCUT2D eigenvalue weighted by atomic mass is 16.5. The molecule has 1 N–H and O–H groups in total. The third kappa shape index (κ3) is 4.60. The predicted octanol–water partition coefficient (Wildman–Crippen LogP) is 3.53. The van der Waals surface area contributed by atoms with Crippen LogP contribution in [0.2, 0.25) is 0 Å². The van der Waals surface area contributed by atoms with Crippen molar-refractivity contribution in [3.8, 4) is 5.75 Å². The summed E-state index contributed by atoms with van der Waals surface area (Å²) in [6.45, 7) is 6.19. The molecule has 0 spiro atoms. The van der Waals surface area contributed by atoms with Crippen molar-refractivity contribution < 1.29 is 9.53 Å². The number of nitrogens with zero attached hydrogens (tertiary/aromatic N) is 1. The molecule has 0 saturated heterocycles. The van der Waals surface area contributed by atoms with E-state index in [1.165, 1.54) is 5.56 Å². The van der Waals surface area contributed by atoms with Gasteiger partial charge in [-0.25, -0.2) is 4.98 Å². The van der Waals surface area contributed by atoms with E-state index in [9.17, 15) is 4.79 Å². The van der Waals surface area contributed by atoms with Crippen LogP contribution < -0.4 is 10.1 Å². The monoisotopic (exact) mass is 284 g/mol. The molecule has 2 rings (SSSR count). The Morgan fingerprint density at radius 3 is 2.57 bits per heavy atom. The van der Waals surface area contributed by atoms with Crippen LogP contribution in [0.15, 0.2) is 42.6 Å². The number of carbonyl (C=O) groups excluding carboxylic acids is 1. The topological polar surface area (TPSA) is 51.2 Å². The van der Waals surface area contributed by atoms with E-state index >= 15 is 0 Å². The molecular formula is C17H20N2O2. The molecule has 0 saturated carbocycles. The second kappa shape index (κ2) is 6.88. The van der Waals surface area contributed by atoms with Gasteiger partial charge in [0.2, 0.25) is 0 Å². The van der Waals surface area contributed by atoms with Crippen LogP contribution in [0.5, 0.6) is 5.75 Å². The van der Waals surface area contributed by atoms with Crippen LogP contribution in [0.4, 0.5) is 5.82 Å². The smallest absolute Gasteiger partial charge is 0.263 e. The van der Waals surface area contributed by atoms with Crippen molar-refractivity contribution in [2.24, 2.45) is 0 Å². The second-order valence-corrected chi connectivity index (χ2v) is 5.28. The number of nitrogens with one attached hydrogen (secondary N) is 1. The molecule has 4 nitrogen and oxygen atoms in total. The highest BCUT2D eigenvalue weighted by Gasteiger charge is 2.05. The molecule has 0 atom stereocenters. The number of ether oxygens (including phenoxy) is 1. The lowest BCUT2D eigenvalue weighted by Crippen LogP contribution is -2.20. The van der Waals surface area contributed by atoms with Gasteiger partial charge in [0.05, 0.1) is 0 Å². The Balaban J connectivity index is 1.86. The number of aryl methyl sites for hydroxylation is 1. The summed E-state index contributed by atoms with van der Waals surface area (Å²) in [6.07, 6.45) is 1.66. The number of benzene rings is 1.